The van der Waals surface area contributed by atoms with Crippen LogP contribution in [0.2, 0.25) is 0 Å². The minimum atomic E-state index is -0.505. The highest BCUT2D eigenvalue weighted by molar-refractivity contribution is 5.78. The molecule has 0 aliphatic rings. The molecule has 0 fully saturated rings. The van der Waals surface area contributed by atoms with E-state index in [2.05, 4.69) is 67.8 Å². The first-order chi connectivity index (χ1) is 14.1. The summed E-state index contributed by atoms with van der Waals surface area (Å²) >= 11 is 0. The Balaban J connectivity index is 3.66. The number of alkyl halides is 1. The number of carbonyl (C=O) groups excluding carboxylic acids is 1. The van der Waals surface area contributed by atoms with Crippen LogP contribution in [0, 0.1) is 11.8 Å². The molecular weight excluding hydrogens is 361 g/mol. The van der Waals surface area contributed by atoms with Gasteiger partial charge in [-0.2, -0.15) is 0 Å². The van der Waals surface area contributed by atoms with Gasteiger partial charge in [0, 0.05) is 12.5 Å². The van der Waals surface area contributed by atoms with Crippen molar-refractivity contribution in [2.24, 2.45) is 11.8 Å². The molecule has 0 aliphatic heterocycles. The molecule has 0 radical (unpaired) electrons. The van der Waals surface area contributed by atoms with E-state index in [1.165, 1.54) is 32.1 Å². The van der Waals surface area contributed by atoms with Gasteiger partial charge in [0.05, 0.1) is 0 Å². The molecule has 0 aromatic heterocycles. The maximum absolute atomic E-state index is 12.0. The lowest BCUT2D eigenvalue weighted by molar-refractivity contribution is -0.124. The predicted molar refractivity (Wildman–Crippen MR) is 126 cm³/mol. The Morgan fingerprint density at radius 1 is 0.862 bits per heavy atom. The van der Waals surface area contributed by atoms with E-state index in [4.69, 9.17) is 0 Å². The van der Waals surface area contributed by atoms with Crippen LogP contribution in [0.3, 0.4) is 0 Å². The van der Waals surface area contributed by atoms with Gasteiger partial charge in [-0.05, 0) is 44.4 Å². The van der Waals surface area contributed by atoms with Crippen LogP contribution in [0.1, 0.15) is 85.0 Å². The number of hydrogen-bond donors (Lipinski definition) is 1. The average molecular weight is 406 g/mol. The van der Waals surface area contributed by atoms with Crippen LogP contribution in [0.5, 0.6) is 0 Å². The molecule has 0 bridgehead atoms. The number of rotatable bonds is 18. The lowest BCUT2D eigenvalue weighted by Gasteiger charge is -2.09. The van der Waals surface area contributed by atoms with Crippen molar-refractivity contribution >= 4 is 5.91 Å². The van der Waals surface area contributed by atoms with Gasteiger partial charge in [-0.25, -0.2) is 4.39 Å². The Bertz CT molecular complexity index is 493. The van der Waals surface area contributed by atoms with Crippen molar-refractivity contribution in [2.45, 2.75) is 85.0 Å². The van der Waals surface area contributed by atoms with Crippen molar-refractivity contribution in [3.8, 4) is 0 Å². The van der Waals surface area contributed by atoms with E-state index < -0.39 is 6.67 Å². The maximum Gasteiger partial charge on any atom is 0.222 e. The minimum Gasteiger partial charge on any atom is -0.353 e. The summed E-state index contributed by atoms with van der Waals surface area (Å²) in [6, 6.07) is 0. The van der Waals surface area contributed by atoms with Crippen molar-refractivity contribution < 1.29 is 9.18 Å². The lowest BCUT2D eigenvalue weighted by atomic mass is 10.0. The third kappa shape index (κ3) is 19.4. The molecule has 2 atom stereocenters. The van der Waals surface area contributed by atoms with Gasteiger partial charge in [0.15, 0.2) is 0 Å². The average Bonchev–Trinajstić information content (AvgIpc) is 2.72. The molecular formula is C26H44FNO. The molecule has 1 N–H and O–H groups in total. The van der Waals surface area contributed by atoms with E-state index in [1.54, 1.807) is 0 Å². The fourth-order valence-electron chi connectivity index (χ4n) is 2.96. The SMILES string of the molecule is CCCCCCC(C)/C=C\C/C=C\C/C=C\C/C=C\CC[C@@H](C)C(=O)NCCF. The number of allylic oxidation sites excluding steroid dienone is 8. The molecule has 2 nitrogen and oxygen atoms in total. The Kier molecular flexibility index (Phi) is 19.9. The van der Waals surface area contributed by atoms with Gasteiger partial charge in [-0.1, -0.05) is 95.1 Å². The quantitative estimate of drug-likeness (QED) is 0.186. The zero-order chi connectivity index (χ0) is 21.6. The van der Waals surface area contributed by atoms with Gasteiger partial charge in [-0.3, -0.25) is 4.79 Å². The second kappa shape index (κ2) is 21.1. The van der Waals surface area contributed by atoms with Crippen molar-refractivity contribution in [2.75, 3.05) is 13.2 Å². The van der Waals surface area contributed by atoms with Gasteiger partial charge in [0.2, 0.25) is 5.91 Å². The number of hydrogen-bond acceptors (Lipinski definition) is 1. The lowest BCUT2D eigenvalue weighted by Crippen LogP contribution is -2.30. The molecule has 1 unspecified atom stereocenters. The third-order valence-corrected chi connectivity index (χ3v) is 4.90. The highest BCUT2D eigenvalue weighted by Gasteiger charge is 2.10. The molecule has 3 heteroatoms. The molecule has 0 aromatic rings. The van der Waals surface area contributed by atoms with E-state index in [0.717, 1.165) is 32.1 Å². The van der Waals surface area contributed by atoms with E-state index in [9.17, 15) is 9.18 Å². The molecule has 1 amide bonds. The summed E-state index contributed by atoms with van der Waals surface area (Å²) in [5, 5.41) is 2.58. The second-order valence-electron chi connectivity index (χ2n) is 7.83. The minimum absolute atomic E-state index is 0.0565. The summed E-state index contributed by atoms with van der Waals surface area (Å²) in [5.74, 6) is 0.573. The second-order valence-corrected chi connectivity index (χ2v) is 7.83. The van der Waals surface area contributed by atoms with Crippen molar-refractivity contribution in [1.29, 1.82) is 0 Å². The van der Waals surface area contributed by atoms with Crippen molar-refractivity contribution in [3.63, 3.8) is 0 Å². The van der Waals surface area contributed by atoms with Crippen molar-refractivity contribution in [1.82, 2.24) is 5.32 Å². The number of halogens is 1. The van der Waals surface area contributed by atoms with Crippen LogP contribution in [-0.4, -0.2) is 19.1 Å². The predicted octanol–water partition coefficient (Wildman–Crippen LogP) is 7.49. The summed E-state index contributed by atoms with van der Waals surface area (Å²) in [6.07, 6.45) is 29.0. The van der Waals surface area contributed by atoms with Crippen LogP contribution >= 0.6 is 0 Å². The fourth-order valence-corrected chi connectivity index (χ4v) is 2.96. The van der Waals surface area contributed by atoms with Crippen molar-refractivity contribution in [3.05, 3.63) is 48.6 Å². The van der Waals surface area contributed by atoms with E-state index in [-0.39, 0.29) is 18.4 Å². The number of nitrogens with one attached hydrogen (secondary N) is 1. The topological polar surface area (TPSA) is 29.1 Å². The van der Waals surface area contributed by atoms with Crippen LogP contribution in [0.4, 0.5) is 4.39 Å². The summed E-state index contributed by atoms with van der Waals surface area (Å²) < 4.78 is 12.0. The highest BCUT2D eigenvalue weighted by Crippen LogP contribution is 2.12. The largest absolute Gasteiger partial charge is 0.353 e. The fraction of sp³-hybridized carbons (Fsp3) is 0.654. The monoisotopic (exact) mass is 405 g/mol. The number of amides is 1. The molecule has 0 saturated carbocycles. The summed E-state index contributed by atoms with van der Waals surface area (Å²) in [4.78, 5) is 11.6. The van der Waals surface area contributed by atoms with Crippen LogP contribution in [0.25, 0.3) is 0 Å². The van der Waals surface area contributed by atoms with Gasteiger partial charge in [0.1, 0.15) is 6.67 Å². The van der Waals surface area contributed by atoms with Gasteiger partial charge < -0.3 is 5.32 Å². The molecule has 166 valence electrons. The Labute approximate surface area is 179 Å². The van der Waals surface area contributed by atoms with Gasteiger partial charge >= 0.3 is 0 Å². The van der Waals surface area contributed by atoms with Crippen LogP contribution < -0.4 is 5.32 Å². The van der Waals surface area contributed by atoms with E-state index in [0.29, 0.717) is 5.92 Å². The zero-order valence-corrected chi connectivity index (χ0v) is 19.0. The Morgan fingerprint density at radius 2 is 1.48 bits per heavy atom. The van der Waals surface area contributed by atoms with Gasteiger partial charge in [-0.15, -0.1) is 0 Å². The number of carbonyl (C=O) groups is 1. The summed E-state index contributed by atoms with van der Waals surface area (Å²) in [7, 11) is 0. The molecule has 0 aliphatic carbocycles. The Morgan fingerprint density at radius 3 is 2.10 bits per heavy atom. The first-order valence-corrected chi connectivity index (χ1v) is 11.6. The van der Waals surface area contributed by atoms with Crippen LogP contribution in [-0.2, 0) is 4.79 Å². The van der Waals surface area contributed by atoms with Gasteiger partial charge in [0.25, 0.3) is 0 Å². The van der Waals surface area contributed by atoms with E-state index in [1.807, 2.05) is 6.92 Å². The normalized spacial score (nSPS) is 14.5. The Hall–Kier alpha value is -1.64. The summed E-state index contributed by atoms with van der Waals surface area (Å²) in [5.41, 5.74) is 0. The molecule has 0 saturated heterocycles. The van der Waals surface area contributed by atoms with Crippen LogP contribution in [0.15, 0.2) is 48.6 Å². The molecule has 29 heavy (non-hydrogen) atoms. The first kappa shape index (κ1) is 27.4. The molecule has 0 spiro atoms. The number of unbranched alkanes of at least 4 members (excludes halogenated alkanes) is 3. The smallest absolute Gasteiger partial charge is 0.222 e. The zero-order valence-electron chi connectivity index (χ0n) is 19.0. The molecule has 0 heterocycles. The van der Waals surface area contributed by atoms with E-state index >= 15 is 0 Å². The first-order valence-electron chi connectivity index (χ1n) is 11.6. The third-order valence-electron chi connectivity index (χ3n) is 4.90. The highest BCUT2D eigenvalue weighted by atomic mass is 19.1. The summed E-state index contributed by atoms with van der Waals surface area (Å²) in [6.45, 7) is 6.07. The maximum atomic E-state index is 12.0. The molecule has 0 rings (SSSR count). The molecule has 0 aromatic carbocycles. The standard InChI is InChI=1S/C26H44FNO/c1-4-5-6-16-19-24(2)20-17-14-12-10-8-7-9-11-13-15-18-21-25(3)26(29)28-23-22-27/h7,9-10,12-13,15,17,20,24-25H,4-6,8,11,14,16,18-19,21-23H2,1-3H3,(H,28,29)/b9-7-,12-10-,15-13-,20-17-/t24?,25-/m1/s1.